The van der Waals surface area contributed by atoms with Crippen LogP contribution in [-0.4, -0.2) is 33.3 Å². The van der Waals surface area contributed by atoms with Gasteiger partial charge in [0.1, 0.15) is 6.04 Å². The molecule has 1 aliphatic heterocycles. The second-order valence-electron chi connectivity index (χ2n) is 5.28. The van der Waals surface area contributed by atoms with E-state index in [1.54, 1.807) is 17.0 Å². The summed E-state index contributed by atoms with van der Waals surface area (Å²) >= 11 is 1.24. The second-order valence-corrected chi connectivity index (χ2v) is 6.36. The molecule has 1 atom stereocenters. The van der Waals surface area contributed by atoms with Crippen molar-refractivity contribution in [3.8, 4) is 0 Å². The van der Waals surface area contributed by atoms with E-state index in [0.717, 1.165) is 12.8 Å². The molecule has 22 heavy (non-hydrogen) atoms. The lowest BCUT2D eigenvalue weighted by molar-refractivity contribution is 0.0715. The van der Waals surface area contributed by atoms with Crippen LogP contribution < -0.4 is 0 Å². The smallest absolute Gasteiger partial charge is 0.264 e. The van der Waals surface area contributed by atoms with E-state index >= 15 is 0 Å². The Morgan fingerprint density at radius 1 is 1.41 bits per heavy atom. The first-order chi connectivity index (χ1) is 10.6. The van der Waals surface area contributed by atoms with Crippen LogP contribution in [-0.2, 0) is 6.42 Å². The first-order valence-electron chi connectivity index (χ1n) is 7.34. The van der Waals surface area contributed by atoms with Crippen LogP contribution >= 0.6 is 11.3 Å². The summed E-state index contributed by atoms with van der Waals surface area (Å²) < 4.78 is 5.29. The number of nitrogens with zero attached hydrogens (tertiary/aromatic N) is 3. The molecule has 0 radical (unpaired) electrons. The summed E-state index contributed by atoms with van der Waals surface area (Å²) in [6, 6.07) is 3.25. The monoisotopic (exact) mass is 319 g/mol. The third-order valence-corrected chi connectivity index (χ3v) is 4.94. The third kappa shape index (κ3) is 2.68. The van der Waals surface area contributed by atoms with Gasteiger partial charge in [-0.05, 0) is 31.9 Å². The lowest BCUT2D eigenvalue weighted by Gasteiger charge is -2.21. The highest BCUT2D eigenvalue weighted by Crippen LogP contribution is 2.33. The Bertz CT molecular complexity index is 706. The summed E-state index contributed by atoms with van der Waals surface area (Å²) in [6.07, 6.45) is 2.43. The Morgan fingerprint density at radius 2 is 2.18 bits per heavy atom. The van der Waals surface area contributed by atoms with Crippen molar-refractivity contribution in [2.45, 2.75) is 39.2 Å². The Morgan fingerprint density at radius 3 is 2.82 bits per heavy atom. The molecule has 3 heterocycles. The van der Waals surface area contributed by atoms with Gasteiger partial charge in [-0.15, -0.1) is 11.3 Å². The van der Waals surface area contributed by atoms with Gasteiger partial charge in [-0.25, -0.2) is 0 Å². The van der Waals surface area contributed by atoms with Gasteiger partial charge in [0.15, 0.2) is 11.6 Å². The molecule has 6 nitrogen and oxygen atoms in total. The summed E-state index contributed by atoms with van der Waals surface area (Å²) in [7, 11) is 0. The molecule has 1 saturated heterocycles. The molecule has 2 aromatic rings. The molecule has 116 valence electrons. The number of ketones is 1. The van der Waals surface area contributed by atoms with E-state index in [9.17, 15) is 9.59 Å². The van der Waals surface area contributed by atoms with E-state index in [1.165, 1.54) is 18.3 Å². The zero-order valence-corrected chi connectivity index (χ0v) is 13.4. The summed E-state index contributed by atoms with van der Waals surface area (Å²) in [5, 5.41) is 3.91. The number of rotatable bonds is 4. The summed E-state index contributed by atoms with van der Waals surface area (Å²) in [5.41, 5.74) is 0. The van der Waals surface area contributed by atoms with Gasteiger partial charge < -0.3 is 9.42 Å². The van der Waals surface area contributed by atoms with Crippen LogP contribution in [0.2, 0.25) is 0 Å². The number of Topliss-reactive ketones (excluding diaryl/α,β-unsaturated/α-hetero) is 1. The Balaban J connectivity index is 1.82. The molecule has 0 N–H and O–H groups in total. The highest BCUT2D eigenvalue weighted by atomic mass is 32.1. The van der Waals surface area contributed by atoms with Gasteiger partial charge in [-0.3, -0.25) is 9.59 Å². The van der Waals surface area contributed by atoms with E-state index in [-0.39, 0.29) is 17.7 Å². The summed E-state index contributed by atoms with van der Waals surface area (Å²) in [6.45, 7) is 4.13. The molecule has 3 rings (SSSR count). The van der Waals surface area contributed by atoms with Crippen molar-refractivity contribution in [2.24, 2.45) is 0 Å². The van der Waals surface area contributed by atoms with Crippen LogP contribution in [0.4, 0.5) is 0 Å². The fourth-order valence-corrected chi connectivity index (χ4v) is 3.45. The molecule has 0 unspecified atom stereocenters. The van der Waals surface area contributed by atoms with E-state index in [1.807, 2.05) is 6.92 Å². The molecule has 1 fully saturated rings. The Labute approximate surface area is 132 Å². The van der Waals surface area contributed by atoms with Crippen LogP contribution in [0.5, 0.6) is 0 Å². The number of hydrogen-bond acceptors (Lipinski definition) is 6. The largest absolute Gasteiger partial charge is 0.337 e. The second kappa shape index (κ2) is 6.00. The van der Waals surface area contributed by atoms with E-state index in [0.29, 0.717) is 34.4 Å². The summed E-state index contributed by atoms with van der Waals surface area (Å²) in [5.74, 6) is 1.07. The fourth-order valence-electron chi connectivity index (χ4n) is 2.60. The quantitative estimate of drug-likeness (QED) is 0.810. The first-order valence-corrected chi connectivity index (χ1v) is 8.16. The predicted molar refractivity (Wildman–Crippen MR) is 81.0 cm³/mol. The van der Waals surface area contributed by atoms with E-state index in [4.69, 9.17) is 4.52 Å². The number of thiophene rings is 1. The van der Waals surface area contributed by atoms with Crippen LogP contribution in [0.3, 0.4) is 0 Å². The lowest BCUT2D eigenvalue weighted by atomic mass is 10.2. The van der Waals surface area contributed by atoms with Crippen LogP contribution in [0.25, 0.3) is 0 Å². The first kappa shape index (κ1) is 14.9. The predicted octanol–water partition coefficient (Wildman–Crippen LogP) is 2.87. The maximum absolute atomic E-state index is 12.7. The van der Waals surface area contributed by atoms with Crippen molar-refractivity contribution in [3.05, 3.63) is 33.6 Å². The van der Waals surface area contributed by atoms with Gasteiger partial charge in [0.2, 0.25) is 5.89 Å². The van der Waals surface area contributed by atoms with Crippen LogP contribution in [0.15, 0.2) is 16.7 Å². The molecule has 0 saturated carbocycles. The van der Waals surface area contributed by atoms with Crippen LogP contribution in [0.1, 0.15) is 63.8 Å². The minimum atomic E-state index is -0.164. The zero-order chi connectivity index (χ0) is 15.7. The number of aryl methyl sites for hydroxylation is 1. The number of aromatic nitrogens is 2. The molecule has 0 bridgehead atoms. The zero-order valence-electron chi connectivity index (χ0n) is 12.5. The molecule has 7 heteroatoms. The fraction of sp³-hybridized carbons (Fsp3) is 0.467. The van der Waals surface area contributed by atoms with Gasteiger partial charge in [-0.2, -0.15) is 4.98 Å². The highest BCUT2D eigenvalue weighted by Gasteiger charge is 2.35. The standard InChI is InChI=1S/C15H17N3O3S/c1-3-13-16-14(21-17-13)10-5-4-8-18(10)15(20)12-7-6-11(22-12)9(2)19/h6-7,10H,3-5,8H2,1-2H3/t10-/m0/s1. The van der Waals surface area contributed by atoms with Gasteiger partial charge in [-0.1, -0.05) is 12.1 Å². The van der Waals surface area contributed by atoms with Crippen molar-refractivity contribution < 1.29 is 14.1 Å². The van der Waals surface area contributed by atoms with Gasteiger partial charge in [0.25, 0.3) is 5.91 Å². The van der Waals surface area contributed by atoms with Gasteiger partial charge in [0.05, 0.1) is 9.75 Å². The molecule has 2 aromatic heterocycles. The molecular weight excluding hydrogens is 302 g/mol. The molecule has 1 amide bonds. The Kier molecular flexibility index (Phi) is 4.06. The summed E-state index contributed by atoms with van der Waals surface area (Å²) in [4.78, 5) is 31.3. The maximum Gasteiger partial charge on any atom is 0.264 e. The number of carbonyl (C=O) groups is 2. The number of amides is 1. The molecule has 0 aromatic carbocycles. The van der Waals surface area contributed by atoms with Crippen molar-refractivity contribution in [2.75, 3.05) is 6.54 Å². The van der Waals surface area contributed by atoms with E-state index in [2.05, 4.69) is 10.1 Å². The molecule has 0 spiro atoms. The van der Waals surface area contributed by atoms with Gasteiger partial charge >= 0.3 is 0 Å². The van der Waals surface area contributed by atoms with Crippen LogP contribution in [0, 0.1) is 0 Å². The molecule has 1 aliphatic rings. The number of carbonyl (C=O) groups excluding carboxylic acids is 2. The van der Waals surface area contributed by atoms with Crippen molar-refractivity contribution in [1.82, 2.24) is 15.0 Å². The number of hydrogen-bond donors (Lipinski definition) is 0. The molecular formula is C15H17N3O3S. The average molecular weight is 319 g/mol. The van der Waals surface area contributed by atoms with Gasteiger partial charge in [0, 0.05) is 13.0 Å². The minimum absolute atomic E-state index is 0.0217. The number of likely N-dealkylation sites (tertiary alicyclic amines) is 1. The topological polar surface area (TPSA) is 76.3 Å². The third-order valence-electron chi connectivity index (χ3n) is 3.76. The Hall–Kier alpha value is -2.02. The lowest BCUT2D eigenvalue weighted by Crippen LogP contribution is -2.30. The SMILES string of the molecule is CCc1noc([C@@H]2CCCN2C(=O)c2ccc(C(C)=O)s2)n1. The van der Waals surface area contributed by atoms with Crippen molar-refractivity contribution >= 4 is 23.0 Å². The minimum Gasteiger partial charge on any atom is -0.337 e. The molecule has 0 aliphatic carbocycles. The highest BCUT2D eigenvalue weighted by molar-refractivity contribution is 7.15. The van der Waals surface area contributed by atoms with E-state index < -0.39 is 0 Å². The van der Waals surface area contributed by atoms with Crippen molar-refractivity contribution in [1.29, 1.82) is 0 Å². The normalized spacial score (nSPS) is 17.9. The van der Waals surface area contributed by atoms with Crippen molar-refractivity contribution in [3.63, 3.8) is 0 Å². The maximum atomic E-state index is 12.7. The average Bonchev–Trinajstić information content (AvgIpc) is 3.24.